The van der Waals surface area contributed by atoms with Crippen LogP contribution in [0.3, 0.4) is 0 Å². The van der Waals surface area contributed by atoms with E-state index in [2.05, 4.69) is 15.1 Å². The molecule has 0 atom stereocenters. The van der Waals surface area contributed by atoms with Gasteiger partial charge in [0.05, 0.1) is 12.2 Å². The number of benzene rings is 1. The molecule has 0 bridgehead atoms. The van der Waals surface area contributed by atoms with Gasteiger partial charge in [0.15, 0.2) is 5.82 Å². The van der Waals surface area contributed by atoms with Crippen LogP contribution in [0.5, 0.6) is 11.7 Å². The number of fused-ring (bicyclic) bond motifs is 1. The van der Waals surface area contributed by atoms with Gasteiger partial charge in [0.25, 0.3) is 0 Å². The Kier molecular flexibility index (Phi) is 2.75. The van der Waals surface area contributed by atoms with Gasteiger partial charge in [0.1, 0.15) is 11.1 Å². The minimum Gasteiger partial charge on any atom is -0.507 e. The Morgan fingerprint density at radius 1 is 1.32 bits per heavy atom. The van der Waals surface area contributed by atoms with Crippen LogP contribution in [-0.2, 0) is 0 Å². The summed E-state index contributed by atoms with van der Waals surface area (Å²) in [6, 6.07) is 6.86. The van der Waals surface area contributed by atoms with Crippen molar-refractivity contribution in [2.75, 3.05) is 6.61 Å². The van der Waals surface area contributed by atoms with Crippen LogP contribution in [0.15, 0.2) is 35.0 Å². The maximum atomic E-state index is 9.78. The molecule has 0 saturated carbocycles. The van der Waals surface area contributed by atoms with Gasteiger partial charge in [-0.1, -0.05) is 17.3 Å². The molecule has 1 N–H and O–H groups in total. The lowest BCUT2D eigenvalue weighted by molar-refractivity contribution is 0.229. The van der Waals surface area contributed by atoms with Crippen molar-refractivity contribution in [3.63, 3.8) is 0 Å². The smallest absolute Gasteiger partial charge is 0.322 e. The van der Waals surface area contributed by atoms with E-state index in [1.807, 2.05) is 6.92 Å². The van der Waals surface area contributed by atoms with Crippen LogP contribution >= 0.6 is 0 Å². The first kappa shape index (κ1) is 11.5. The largest absolute Gasteiger partial charge is 0.507 e. The average Bonchev–Trinajstić information content (AvgIpc) is 2.82. The summed E-state index contributed by atoms with van der Waals surface area (Å²) in [5, 5.41) is 14.2. The standard InChI is InChI=1S/C13H11N3O3/c1-2-18-13-9-7-14-11(15-12(9)16-19-13)8-5-3-4-6-10(8)17/h3-7,17H,2H2,1H3. The Morgan fingerprint density at radius 3 is 2.95 bits per heavy atom. The maximum Gasteiger partial charge on any atom is 0.322 e. The van der Waals surface area contributed by atoms with Gasteiger partial charge in [-0.05, 0) is 19.1 Å². The fourth-order valence-corrected chi connectivity index (χ4v) is 1.75. The Labute approximate surface area is 108 Å². The number of ether oxygens (including phenoxy) is 1. The Balaban J connectivity index is 2.10. The van der Waals surface area contributed by atoms with E-state index in [1.165, 1.54) is 0 Å². The number of hydrogen-bond acceptors (Lipinski definition) is 6. The highest BCUT2D eigenvalue weighted by atomic mass is 16.6. The summed E-state index contributed by atoms with van der Waals surface area (Å²) in [5.41, 5.74) is 0.946. The molecule has 0 fully saturated rings. The molecule has 6 heteroatoms. The van der Waals surface area contributed by atoms with E-state index in [0.717, 1.165) is 0 Å². The van der Waals surface area contributed by atoms with Crippen LogP contribution in [-0.4, -0.2) is 26.8 Å². The van der Waals surface area contributed by atoms with Crippen LogP contribution in [0, 0.1) is 0 Å². The van der Waals surface area contributed by atoms with Gasteiger partial charge in [-0.15, -0.1) is 0 Å². The van der Waals surface area contributed by atoms with Crippen molar-refractivity contribution in [2.45, 2.75) is 6.92 Å². The maximum absolute atomic E-state index is 9.78. The molecule has 0 spiro atoms. The first-order chi connectivity index (χ1) is 9.29. The molecular weight excluding hydrogens is 246 g/mol. The van der Waals surface area contributed by atoms with Crippen LogP contribution < -0.4 is 4.74 Å². The zero-order valence-corrected chi connectivity index (χ0v) is 10.2. The van der Waals surface area contributed by atoms with Gasteiger partial charge in [-0.3, -0.25) is 0 Å². The molecule has 19 heavy (non-hydrogen) atoms. The normalized spacial score (nSPS) is 10.8. The summed E-state index contributed by atoms with van der Waals surface area (Å²) in [7, 11) is 0. The first-order valence-corrected chi connectivity index (χ1v) is 5.83. The number of hydrogen-bond donors (Lipinski definition) is 1. The van der Waals surface area contributed by atoms with E-state index >= 15 is 0 Å². The SMILES string of the molecule is CCOc1onc2nc(-c3ccccc3O)ncc12. The Morgan fingerprint density at radius 2 is 2.16 bits per heavy atom. The highest BCUT2D eigenvalue weighted by Crippen LogP contribution is 2.29. The number of aromatic nitrogens is 3. The molecule has 6 nitrogen and oxygen atoms in total. The fourth-order valence-electron chi connectivity index (χ4n) is 1.75. The van der Waals surface area contributed by atoms with Crippen LogP contribution in [0.25, 0.3) is 22.4 Å². The third kappa shape index (κ3) is 1.97. The number of aromatic hydroxyl groups is 1. The van der Waals surface area contributed by atoms with Gasteiger partial charge < -0.3 is 14.4 Å². The second kappa shape index (κ2) is 4.56. The number of phenols is 1. The van der Waals surface area contributed by atoms with Crippen LogP contribution in [0.4, 0.5) is 0 Å². The number of phenolic OH excluding ortho intramolecular Hbond substituents is 1. The summed E-state index contributed by atoms with van der Waals surface area (Å²) >= 11 is 0. The third-order valence-electron chi connectivity index (χ3n) is 2.62. The highest BCUT2D eigenvalue weighted by Gasteiger charge is 2.14. The summed E-state index contributed by atoms with van der Waals surface area (Å²) in [6.07, 6.45) is 1.58. The van der Waals surface area contributed by atoms with Gasteiger partial charge in [-0.25, -0.2) is 9.97 Å². The van der Waals surface area contributed by atoms with E-state index in [-0.39, 0.29) is 5.75 Å². The van der Waals surface area contributed by atoms with Gasteiger partial charge in [-0.2, -0.15) is 0 Å². The molecule has 2 heterocycles. The lowest BCUT2D eigenvalue weighted by Crippen LogP contribution is -1.92. The third-order valence-corrected chi connectivity index (χ3v) is 2.62. The van der Waals surface area contributed by atoms with E-state index in [0.29, 0.717) is 35.0 Å². The van der Waals surface area contributed by atoms with Crippen LogP contribution in [0.1, 0.15) is 6.92 Å². The minimum atomic E-state index is 0.121. The van der Waals surface area contributed by atoms with Gasteiger partial charge in [0, 0.05) is 6.20 Å². The number of para-hydroxylation sites is 1. The van der Waals surface area contributed by atoms with E-state index in [1.54, 1.807) is 30.5 Å². The predicted molar refractivity (Wildman–Crippen MR) is 67.9 cm³/mol. The first-order valence-electron chi connectivity index (χ1n) is 5.83. The Hall–Kier alpha value is -2.63. The van der Waals surface area contributed by atoms with Crippen molar-refractivity contribution in [3.8, 4) is 23.1 Å². The highest BCUT2D eigenvalue weighted by molar-refractivity contribution is 5.80. The summed E-state index contributed by atoms with van der Waals surface area (Å²) in [4.78, 5) is 8.46. The monoisotopic (exact) mass is 257 g/mol. The lowest BCUT2D eigenvalue weighted by Gasteiger charge is -2.01. The zero-order chi connectivity index (χ0) is 13.2. The van der Waals surface area contributed by atoms with Gasteiger partial charge >= 0.3 is 5.95 Å². The van der Waals surface area contributed by atoms with E-state index in [4.69, 9.17) is 9.26 Å². The fraction of sp³-hybridized carbons (Fsp3) is 0.154. The predicted octanol–water partition coefficient (Wildman–Crippen LogP) is 2.39. The molecule has 0 unspecified atom stereocenters. The molecule has 0 aliphatic heterocycles. The van der Waals surface area contributed by atoms with Crippen molar-refractivity contribution in [3.05, 3.63) is 30.5 Å². The molecule has 3 aromatic rings. The van der Waals surface area contributed by atoms with Crippen molar-refractivity contribution < 1.29 is 14.4 Å². The summed E-state index contributed by atoms with van der Waals surface area (Å²) in [5.74, 6) is 0.818. The van der Waals surface area contributed by atoms with Crippen molar-refractivity contribution in [1.29, 1.82) is 0 Å². The minimum absolute atomic E-state index is 0.121. The lowest BCUT2D eigenvalue weighted by atomic mass is 10.2. The molecule has 0 saturated heterocycles. The summed E-state index contributed by atoms with van der Waals surface area (Å²) in [6.45, 7) is 2.33. The average molecular weight is 257 g/mol. The zero-order valence-electron chi connectivity index (χ0n) is 10.2. The summed E-state index contributed by atoms with van der Waals surface area (Å²) < 4.78 is 10.3. The Bertz CT molecular complexity index is 724. The second-order valence-corrected chi connectivity index (χ2v) is 3.85. The molecule has 2 aromatic heterocycles. The second-order valence-electron chi connectivity index (χ2n) is 3.85. The number of nitrogens with zero attached hydrogens (tertiary/aromatic N) is 3. The topological polar surface area (TPSA) is 81.3 Å². The van der Waals surface area contributed by atoms with Crippen molar-refractivity contribution >= 4 is 11.0 Å². The van der Waals surface area contributed by atoms with Crippen molar-refractivity contribution in [1.82, 2.24) is 15.1 Å². The molecular formula is C13H11N3O3. The molecule has 0 amide bonds. The quantitative estimate of drug-likeness (QED) is 0.775. The molecule has 0 aliphatic carbocycles. The molecule has 0 radical (unpaired) electrons. The molecule has 0 aliphatic rings. The van der Waals surface area contributed by atoms with Crippen LogP contribution in [0.2, 0.25) is 0 Å². The van der Waals surface area contributed by atoms with E-state index in [9.17, 15) is 5.11 Å². The van der Waals surface area contributed by atoms with E-state index < -0.39 is 0 Å². The van der Waals surface area contributed by atoms with Crippen molar-refractivity contribution in [2.24, 2.45) is 0 Å². The molecule has 1 aromatic carbocycles. The molecule has 96 valence electrons. The number of rotatable bonds is 3. The van der Waals surface area contributed by atoms with Gasteiger partial charge in [0.2, 0.25) is 5.65 Å². The molecule has 3 rings (SSSR count).